The van der Waals surface area contributed by atoms with Crippen LogP contribution in [-0.2, 0) is 6.54 Å². The molecule has 1 aliphatic rings. The fourth-order valence-electron chi connectivity index (χ4n) is 2.66. The van der Waals surface area contributed by atoms with Gasteiger partial charge in [0.1, 0.15) is 5.76 Å². The van der Waals surface area contributed by atoms with Gasteiger partial charge in [0.05, 0.1) is 12.0 Å². The minimum atomic E-state index is 0.0184. The number of urea groups is 1. The van der Waals surface area contributed by atoms with Gasteiger partial charge in [-0.25, -0.2) is 9.78 Å². The standard InChI is InChI=1S/C16H22N4O3/c1-3-17-16(21)20-8-6-19(7-9-20)11-13-12(2)23-15(18-13)14-5-4-10-22-14/h4-5,10H,3,6-9,11H2,1-2H3,(H,17,21). The van der Waals surface area contributed by atoms with Gasteiger partial charge in [-0.05, 0) is 26.0 Å². The van der Waals surface area contributed by atoms with Gasteiger partial charge in [0.2, 0.25) is 0 Å². The lowest BCUT2D eigenvalue weighted by atomic mass is 10.3. The lowest BCUT2D eigenvalue weighted by Gasteiger charge is -2.34. The first kappa shape index (κ1) is 15.6. The van der Waals surface area contributed by atoms with E-state index < -0.39 is 0 Å². The Morgan fingerprint density at radius 1 is 1.35 bits per heavy atom. The van der Waals surface area contributed by atoms with Gasteiger partial charge in [-0.2, -0.15) is 0 Å². The number of furan rings is 1. The van der Waals surface area contributed by atoms with Gasteiger partial charge in [-0.3, -0.25) is 4.90 Å². The molecule has 0 aliphatic carbocycles. The molecule has 7 nitrogen and oxygen atoms in total. The number of amides is 2. The van der Waals surface area contributed by atoms with Crippen LogP contribution in [0.4, 0.5) is 4.79 Å². The summed E-state index contributed by atoms with van der Waals surface area (Å²) in [6.45, 7) is 8.35. The molecule has 2 amide bonds. The topological polar surface area (TPSA) is 74.8 Å². The molecule has 0 unspecified atom stereocenters. The summed E-state index contributed by atoms with van der Waals surface area (Å²) in [5.41, 5.74) is 0.919. The molecule has 2 aromatic heterocycles. The molecule has 0 aromatic carbocycles. The van der Waals surface area contributed by atoms with Crippen molar-refractivity contribution in [2.75, 3.05) is 32.7 Å². The second-order valence-corrected chi connectivity index (χ2v) is 5.60. The van der Waals surface area contributed by atoms with Gasteiger partial charge >= 0.3 is 6.03 Å². The van der Waals surface area contributed by atoms with Crippen molar-refractivity contribution < 1.29 is 13.6 Å². The molecule has 3 heterocycles. The summed E-state index contributed by atoms with van der Waals surface area (Å²) < 4.78 is 11.0. The van der Waals surface area contributed by atoms with Gasteiger partial charge in [-0.1, -0.05) is 0 Å². The Labute approximate surface area is 135 Å². The Morgan fingerprint density at radius 3 is 2.78 bits per heavy atom. The number of aryl methyl sites for hydroxylation is 1. The summed E-state index contributed by atoms with van der Waals surface area (Å²) in [6, 6.07) is 3.67. The molecular weight excluding hydrogens is 296 g/mol. The Hall–Kier alpha value is -2.28. The molecule has 23 heavy (non-hydrogen) atoms. The SMILES string of the molecule is CCNC(=O)N1CCN(Cc2nc(-c3ccco3)oc2C)CC1. The molecule has 1 saturated heterocycles. The van der Waals surface area contributed by atoms with Crippen molar-refractivity contribution in [1.82, 2.24) is 20.1 Å². The Morgan fingerprint density at radius 2 is 2.13 bits per heavy atom. The van der Waals surface area contributed by atoms with Crippen LogP contribution >= 0.6 is 0 Å². The van der Waals surface area contributed by atoms with E-state index in [0.717, 1.165) is 44.2 Å². The minimum Gasteiger partial charge on any atom is -0.459 e. The summed E-state index contributed by atoms with van der Waals surface area (Å²) in [4.78, 5) is 20.5. The molecule has 0 saturated carbocycles. The average molecular weight is 318 g/mol. The molecule has 0 spiro atoms. The first-order valence-electron chi connectivity index (χ1n) is 7.92. The van der Waals surface area contributed by atoms with Crippen molar-refractivity contribution in [1.29, 1.82) is 0 Å². The van der Waals surface area contributed by atoms with Crippen LogP contribution in [0.1, 0.15) is 18.4 Å². The van der Waals surface area contributed by atoms with E-state index in [0.29, 0.717) is 18.2 Å². The molecule has 1 fully saturated rings. The zero-order valence-corrected chi connectivity index (χ0v) is 13.5. The molecular formula is C16H22N4O3. The van der Waals surface area contributed by atoms with Crippen LogP contribution < -0.4 is 5.32 Å². The lowest BCUT2D eigenvalue weighted by molar-refractivity contribution is 0.134. The van der Waals surface area contributed by atoms with Crippen molar-refractivity contribution in [3.05, 3.63) is 29.9 Å². The van der Waals surface area contributed by atoms with Crippen LogP contribution in [0.3, 0.4) is 0 Å². The van der Waals surface area contributed by atoms with Gasteiger partial charge in [0, 0.05) is 39.3 Å². The summed E-state index contributed by atoms with van der Waals surface area (Å²) >= 11 is 0. The van der Waals surface area contributed by atoms with Crippen LogP contribution in [0.15, 0.2) is 27.2 Å². The van der Waals surface area contributed by atoms with Crippen molar-refractivity contribution >= 4 is 6.03 Å². The molecule has 0 atom stereocenters. The summed E-state index contributed by atoms with van der Waals surface area (Å²) in [5.74, 6) is 1.96. The summed E-state index contributed by atoms with van der Waals surface area (Å²) in [7, 11) is 0. The van der Waals surface area contributed by atoms with E-state index in [9.17, 15) is 4.79 Å². The van der Waals surface area contributed by atoms with E-state index in [2.05, 4.69) is 15.2 Å². The number of aromatic nitrogens is 1. The number of carbonyl (C=O) groups is 1. The van der Waals surface area contributed by atoms with Crippen molar-refractivity contribution in [2.24, 2.45) is 0 Å². The van der Waals surface area contributed by atoms with Gasteiger partial charge in [0.25, 0.3) is 5.89 Å². The average Bonchev–Trinajstić information content (AvgIpc) is 3.19. The second-order valence-electron chi connectivity index (χ2n) is 5.60. The van der Waals surface area contributed by atoms with E-state index >= 15 is 0 Å². The van der Waals surface area contributed by atoms with Crippen LogP contribution in [0.5, 0.6) is 0 Å². The number of carbonyl (C=O) groups excluding carboxylic acids is 1. The highest BCUT2D eigenvalue weighted by Gasteiger charge is 2.22. The Kier molecular flexibility index (Phi) is 4.66. The monoisotopic (exact) mass is 318 g/mol. The van der Waals surface area contributed by atoms with Gasteiger partial charge in [-0.15, -0.1) is 0 Å². The fourth-order valence-corrected chi connectivity index (χ4v) is 2.66. The number of piperazine rings is 1. The molecule has 0 radical (unpaired) electrons. The first-order chi connectivity index (χ1) is 11.2. The minimum absolute atomic E-state index is 0.0184. The van der Waals surface area contributed by atoms with Crippen LogP contribution in [-0.4, -0.2) is 53.5 Å². The quantitative estimate of drug-likeness (QED) is 0.934. The number of oxazole rings is 1. The molecule has 1 N–H and O–H groups in total. The normalized spacial score (nSPS) is 15.8. The second kappa shape index (κ2) is 6.87. The predicted octanol–water partition coefficient (Wildman–Crippen LogP) is 2.09. The van der Waals surface area contributed by atoms with Crippen molar-refractivity contribution in [3.63, 3.8) is 0 Å². The summed E-state index contributed by atoms with van der Waals surface area (Å²) in [6.07, 6.45) is 1.61. The van der Waals surface area contributed by atoms with E-state index in [1.807, 2.05) is 30.9 Å². The zero-order chi connectivity index (χ0) is 16.2. The third-order valence-electron chi connectivity index (χ3n) is 3.99. The third-order valence-corrected chi connectivity index (χ3v) is 3.99. The van der Waals surface area contributed by atoms with Crippen LogP contribution in [0, 0.1) is 6.92 Å². The number of nitrogens with one attached hydrogen (secondary N) is 1. The maximum Gasteiger partial charge on any atom is 0.317 e. The molecule has 2 aromatic rings. The van der Waals surface area contributed by atoms with Gasteiger partial charge in [0.15, 0.2) is 5.76 Å². The van der Waals surface area contributed by atoms with E-state index in [4.69, 9.17) is 8.83 Å². The number of hydrogen-bond acceptors (Lipinski definition) is 5. The van der Waals surface area contributed by atoms with Crippen LogP contribution in [0.25, 0.3) is 11.7 Å². The highest BCUT2D eigenvalue weighted by molar-refractivity contribution is 5.74. The molecule has 1 aliphatic heterocycles. The molecule has 0 bridgehead atoms. The molecule has 7 heteroatoms. The van der Waals surface area contributed by atoms with E-state index in [-0.39, 0.29) is 6.03 Å². The predicted molar refractivity (Wildman–Crippen MR) is 84.9 cm³/mol. The summed E-state index contributed by atoms with van der Waals surface area (Å²) in [5, 5.41) is 2.84. The number of rotatable bonds is 4. The molecule has 124 valence electrons. The first-order valence-corrected chi connectivity index (χ1v) is 7.92. The van der Waals surface area contributed by atoms with Crippen molar-refractivity contribution in [2.45, 2.75) is 20.4 Å². The smallest absolute Gasteiger partial charge is 0.317 e. The number of hydrogen-bond donors (Lipinski definition) is 1. The highest BCUT2D eigenvalue weighted by Crippen LogP contribution is 2.23. The van der Waals surface area contributed by atoms with E-state index in [1.165, 1.54) is 0 Å². The van der Waals surface area contributed by atoms with E-state index in [1.54, 1.807) is 6.26 Å². The Bertz CT molecular complexity index is 642. The number of nitrogens with zero attached hydrogens (tertiary/aromatic N) is 3. The van der Waals surface area contributed by atoms with Crippen LogP contribution in [0.2, 0.25) is 0 Å². The lowest BCUT2D eigenvalue weighted by Crippen LogP contribution is -2.51. The molecule has 3 rings (SSSR count). The van der Waals surface area contributed by atoms with Crippen molar-refractivity contribution in [3.8, 4) is 11.7 Å². The largest absolute Gasteiger partial charge is 0.459 e. The Balaban J connectivity index is 1.58. The zero-order valence-electron chi connectivity index (χ0n) is 13.5. The van der Waals surface area contributed by atoms with Gasteiger partial charge < -0.3 is 19.1 Å². The maximum absolute atomic E-state index is 11.8. The maximum atomic E-state index is 11.8. The third kappa shape index (κ3) is 3.56. The highest BCUT2D eigenvalue weighted by atomic mass is 16.4. The fraction of sp³-hybridized carbons (Fsp3) is 0.500.